The first-order valence-electron chi connectivity index (χ1n) is 13.8. The van der Waals surface area contributed by atoms with Gasteiger partial charge in [-0.2, -0.15) is 0 Å². The zero-order valence-electron chi connectivity index (χ0n) is 22.7. The number of amides is 1. The van der Waals surface area contributed by atoms with E-state index in [1.807, 2.05) is 29.3 Å². The van der Waals surface area contributed by atoms with Crippen molar-refractivity contribution in [1.82, 2.24) is 9.58 Å². The third-order valence-corrected chi connectivity index (χ3v) is 9.79. The van der Waals surface area contributed by atoms with Gasteiger partial charge in [0.25, 0.3) is 5.91 Å². The van der Waals surface area contributed by atoms with Crippen LogP contribution in [0.2, 0.25) is 0 Å². The van der Waals surface area contributed by atoms with Gasteiger partial charge in [-0.1, -0.05) is 24.3 Å². The minimum Gasteiger partial charge on any atom is -0.451 e. The third kappa shape index (κ3) is 4.06. The summed E-state index contributed by atoms with van der Waals surface area (Å²) in [7, 11) is 0. The van der Waals surface area contributed by atoms with Crippen LogP contribution in [0.3, 0.4) is 0 Å². The molecule has 1 amide bonds. The SMILES string of the molecule is CCOC(=O)OCOc1c2n(ccc1=O)N([C@@H]1c3ccccc3SCc3c1ccc(F)c3F)CN(C13CC(C1)C3)C2=O. The Bertz CT molecular complexity index is 1660. The number of thioether (sulfide) groups is 1. The lowest BCUT2D eigenvalue weighted by atomic mass is 9.49. The van der Waals surface area contributed by atoms with Crippen LogP contribution in [0.4, 0.5) is 13.6 Å². The lowest BCUT2D eigenvalue weighted by Gasteiger charge is -2.67. The van der Waals surface area contributed by atoms with Crippen LogP contribution >= 0.6 is 11.8 Å². The molecule has 3 heterocycles. The maximum Gasteiger partial charge on any atom is 0.511 e. The quantitative estimate of drug-likeness (QED) is 0.293. The van der Waals surface area contributed by atoms with E-state index >= 15 is 4.39 Å². The molecule has 1 atom stereocenters. The fraction of sp³-hybridized carbons (Fsp3) is 0.367. The van der Waals surface area contributed by atoms with Crippen LogP contribution in [0.1, 0.15) is 59.4 Å². The number of hydrogen-bond donors (Lipinski definition) is 0. The predicted molar refractivity (Wildman–Crippen MR) is 148 cm³/mol. The molecule has 12 heteroatoms. The molecule has 0 N–H and O–H groups in total. The summed E-state index contributed by atoms with van der Waals surface area (Å²) in [6.45, 7) is 1.24. The van der Waals surface area contributed by atoms with Crippen LogP contribution in [-0.4, -0.2) is 47.2 Å². The molecule has 1 aromatic heterocycles. The van der Waals surface area contributed by atoms with E-state index < -0.39 is 36.1 Å². The van der Waals surface area contributed by atoms with Gasteiger partial charge in [-0.05, 0) is 55.4 Å². The van der Waals surface area contributed by atoms with Gasteiger partial charge >= 0.3 is 6.16 Å². The smallest absolute Gasteiger partial charge is 0.451 e. The Labute approximate surface area is 243 Å². The number of benzene rings is 2. The maximum absolute atomic E-state index is 15.3. The topological polar surface area (TPSA) is 90.3 Å². The first-order chi connectivity index (χ1) is 20.3. The molecule has 3 aromatic rings. The van der Waals surface area contributed by atoms with Gasteiger partial charge in [0.1, 0.15) is 6.67 Å². The van der Waals surface area contributed by atoms with Crippen molar-refractivity contribution in [2.75, 3.05) is 25.1 Å². The van der Waals surface area contributed by atoms with Crippen molar-refractivity contribution in [3.8, 4) is 5.75 Å². The monoisotopic (exact) mass is 595 g/mol. The fourth-order valence-corrected chi connectivity index (χ4v) is 7.69. The summed E-state index contributed by atoms with van der Waals surface area (Å²) in [6, 6.07) is 11.0. The van der Waals surface area contributed by atoms with E-state index in [1.54, 1.807) is 22.6 Å². The van der Waals surface area contributed by atoms with Crippen LogP contribution in [0.5, 0.6) is 5.75 Å². The number of aromatic nitrogens is 1. The summed E-state index contributed by atoms with van der Waals surface area (Å²) in [5, 5.41) is 1.90. The number of ether oxygens (including phenoxy) is 3. The molecule has 42 heavy (non-hydrogen) atoms. The molecule has 2 aromatic carbocycles. The van der Waals surface area contributed by atoms with E-state index in [1.165, 1.54) is 24.0 Å². The average molecular weight is 596 g/mol. The second-order valence-electron chi connectivity index (χ2n) is 11.0. The minimum atomic E-state index is -0.968. The summed E-state index contributed by atoms with van der Waals surface area (Å²) >= 11 is 1.42. The van der Waals surface area contributed by atoms with Crippen molar-refractivity contribution >= 4 is 23.8 Å². The number of fused-ring (bicyclic) bond motifs is 3. The number of halogens is 2. The van der Waals surface area contributed by atoms with Gasteiger partial charge in [-0.3, -0.25) is 19.3 Å². The molecule has 0 spiro atoms. The van der Waals surface area contributed by atoms with Crippen molar-refractivity contribution in [3.05, 3.63) is 92.9 Å². The highest BCUT2D eigenvalue weighted by molar-refractivity contribution is 7.98. The Morgan fingerprint density at radius 1 is 1.05 bits per heavy atom. The van der Waals surface area contributed by atoms with Crippen LogP contribution in [0, 0.1) is 17.6 Å². The van der Waals surface area contributed by atoms with Gasteiger partial charge in [-0.25, -0.2) is 13.6 Å². The van der Waals surface area contributed by atoms with Gasteiger partial charge in [0.15, 0.2) is 17.3 Å². The second-order valence-corrected chi connectivity index (χ2v) is 12.0. The van der Waals surface area contributed by atoms with Crippen LogP contribution in [0.25, 0.3) is 0 Å². The summed E-state index contributed by atoms with van der Waals surface area (Å²) in [6.07, 6.45) is 3.11. The number of rotatable bonds is 6. The Balaban J connectivity index is 1.39. The summed E-state index contributed by atoms with van der Waals surface area (Å²) < 4.78 is 46.7. The molecule has 3 saturated carbocycles. The lowest BCUT2D eigenvalue weighted by Crippen LogP contribution is -2.73. The molecule has 0 unspecified atom stereocenters. The van der Waals surface area contributed by atoms with Gasteiger partial charge in [0.05, 0.1) is 12.6 Å². The number of carbonyl (C=O) groups is 2. The Morgan fingerprint density at radius 2 is 1.83 bits per heavy atom. The van der Waals surface area contributed by atoms with Gasteiger partial charge in [0, 0.05) is 34.0 Å². The average Bonchev–Trinajstić information content (AvgIpc) is 3.09. The van der Waals surface area contributed by atoms with Crippen molar-refractivity contribution in [3.63, 3.8) is 0 Å². The number of nitrogens with zero attached hydrogens (tertiary/aromatic N) is 3. The van der Waals surface area contributed by atoms with Crippen molar-refractivity contribution in [1.29, 1.82) is 0 Å². The zero-order valence-corrected chi connectivity index (χ0v) is 23.5. The molecule has 3 aliphatic carbocycles. The molecular weight excluding hydrogens is 568 g/mol. The highest BCUT2D eigenvalue weighted by atomic mass is 32.2. The Kier molecular flexibility index (Phi) is 6.41. The molecular formula is C30H27F2N3O6S. The third-order valence-electron chi connectivity index (χ3n) is 8.68. The molecule has 2 aliphatic heterocycles. The highest BCUT2D eigenvalue weighted by Crippen LogP contribution is 2.61. The number of hydrogen-bond acceptors (Lipinski definition) is 8. The van der Waals surface area contributed by atoms with Crippen molar-refractivity contribution in [2.24, 2.45) is 5.92 Å². The standard InChI is InChI=1S/C30H27F2N3O6S/c1-2-39-29(38)41-16-40-27-22(36)9-10-34-26(27)28(37)33(30-11-17(12-30)13-30)15-35(34)25-18-7-8-21(31)24(32)20(18)14-42-23-6-4-3-5-19(23)25/h3-10,17,25H,2,11-16H2,1H3/t17?,25-,30?/m0/s1. The molecule has 0 saturated heterocycles. The number of carbonyl (C=O) groups excluding carboxylic acids is 2. The van der Waals surface area contributed by atoms with Crippen LogP contribution < -0.4 is 15.2 Å². The van der Waals surface area contributed by atoms with Crippen LogP contribution in [0.15, 0.2) is 58.4 Å². The maximum atomic E-state index is 15.3. The molecule has 9 nitrogen and oxygen atoms in total. The zero-order chi connectivity index (χ0) is 29.2. The minimum absolute atomic E-state index is 0.0237. The summed E-state index contributed by atoms with van der Waals surface area (Å²) in [4.78, 5) is 41.7. The number of pyridine rings is 1. The summed E-state index contributed by atoms with van der Waals surface area (Å²) in [5.41, 5.74) is 0.743. The molecule has 8 rings (SSSR count). The van der Waals surface area contributed by atoms with Gasteiger partial charge in [-0.15, -0.1) is 11.8 Å². The van der Waals surface area contributed by atoms with E-state index in [9.17, 15) is 18.8 Å². The fourth-order valence-electron chi connectivity index (χ4n) is 6.58. The largest absolute Gasteiger partial charge is 0.511 e. The van der Waals surface area contributed by atoms with Gasteiger partial charge in [0.2, 0.25) is 18.0 Å². The van der Waals surface area contributed by atoms with Crippen LogP contribution in [-0.2, 0) is 15.2 Å². The van der Waals surface area contributed by atoms with E-state index in [0.717, 1.165) is 35.8 Å². The summed E-state index contributed by atoms with van der Waals surface area (Å²) in [5.74, 6) is -1.69. The Morgan fingerprint density at radius 3 is 2.57 bits per heavy atom. The molecule has 3 fully saturated rings. The lowest BCUT2D eigenvalue weighted by molar-refractivity contribution is -0.128. The second kappa shape index (κ2) is 10.0. The molecule has 2 bridgehead atoms. The van der Waals surface area contributed by atoms with Crippen molar-refractivity contribution in [2.45, 2.75) is 48.4 Å². The van der Waals surface area contributed by atoms with E-state index in [2.05, 4.69) is 0 Å². The van der Waals surface area contributed by atoms with Crippen molar-refractivity contribution < 1.29 is 32.6 Å². The van der Waals surface area contributed by atoms with E-state index in [4.69, 9.17) is 14.2 Å². The molecule has 5 aliphatic rings. The molecule has 218 valence electrons. The Hall–Kier alpha value is -4.06. The highest BCUT2D eigenvalue weighted by Gasteiger charge is 2.63. The normalized spacial score (nSPS) is 23.5. The molecule has 0 radical (unpaired) electrons. The van der Waals surface area contributed by atoms with E-state index in [-0.39, 0.29) is 47.5 Å². The first-order valence-corrected chi connectivity index (χ1v) is 14.8. The van der Waals surface area contributed by atoms with Gasteiger partial charge < -0.3 is 19.1 Å². The van der Waals surface area contributed by atoms with E-state index in [0.29, 0.717) is 11.5 Å². The first kappa shape index (κ1) is 26.8. The predicted octanol–water partition coefficient (Wildman–Crippen LogP) is 4.94.